The minimum Gasteiger partial charge on any atom is -0.480 e. The number of thioether (sulfide) groups is 2. The fraction of sp³-hybridized carbons (Fsp3) is 0.625. The van der Waals surface area contributed by atoms with Crippen LogP contribution in [-0.2, 0) is 4.79 Å². The van der Waals surface area contributed by atoms with Crippen LogP contribution in [0.25, 0.3) is 0 Å². The number of carboxylic acid groups (broad SMARTS) is 1. The van der Waals surface area contributed by atoms with E-state index in [0.717, 1.165) is 8.68 Å². The standard InChI is InChI=1S/C8H12N2O2S3/c1-4(2)5(6(11)12)14-8-10-9-7(13-3)15-8/h4-5H,1-3H3,(H,11,12). The molecule has 0 radical (unpaired) electrons. The predicted octanol–water partition coefficient (Wildman–Crippen LogP) is 2.46. The predicted molar refractivity (Wildman–Crippen MR) is 63.8 cm³/mol. The van der Waals surface area contributed by atoms with Crippen LogP contribution < -0.4 is 0 Å². The summed E-state index contributed by atoms with van der Waals surface area (Å²) in [4.78, 5) is 11.0. The average Bonchev–Trinajstić information content (AvgIpc) is 2.60. The van der Waals surface area contributed by atoms with Crippen LogP contribution in [0.1, 0.15) is 13.8 Å². The first-order chi connectivity index (χ1) is 7.04. The van der Waals surface area contributed by atoms with Gasteiger partial charge in [0, 0.05) is 0 Å². The van der Waals surface area contributed by atoms with Crippen LogP contribution in [0.5, 0.6) is 0 Å². The molecule has 1 aromatic rings. The maximum absolute atomic E-state index is 11.0. The lowest BCUT2D eigenvalue weighted by atomic mass is 10.1. The van der Waals surface area contributed by atoms with Crippen LogP contribution in [-0.4, -0.2) is 32.8 Å². The Labute approximate surface area is 101 Å². The zero-order chi connectivity index (χ0) is 11.4. The van der Waals surface area contributed by atoms with Crippen molar-refractivity contribution in [2.75, 3.05) is 6.26 Å². The normalized spacial score (nSPS) is 13.1. The molecule has 15 heavy (non-hydrogen) atoms. The summed E-state index contributed by atoms with van der Waals surface area (Å²) < 4.78 is 1.59. The lowest BCUT2D eigenvalue weighted by Gasteiger charge is -2.12. The van der Waals surface area contributed by atoms with E-state index in [1.165, 1.54) is 34.9 Å². The minimum atomic E-state index is -0.795. The molecule has 1 unspecified atom stereocenters. The number of carboxylic acids is 1. The molecule has 0 aromatic carbocycles. The third kappa shape index (κ3) is 3.66. The summed E-state index contributed by atoms with van der Waals surface area (Å²) in [6.45, 7) is 3.78. The van der Waals surface area contributed by atoms with E-state index < -0.39 is 11.2 Å². The molecule has 0 aliphatic carbocycles. The number of rotatable bonds is 5. The summed E-state index contributed by atoms with van der Waals surface area (Å²) >= 11 is 4.23. The lowest BCUT2D eigenvalue weighted by molar-refractivity contribution is -0.137. The van der Waals surface area contributed by atoms with Crippen molar-refractivity contribution in [2.45, 2.75) is 27.8 Å². The van der Waals surface area contributed by atoms with Crippen LogP contribution in [0, 0.1) is 5.92 Å². The van der Waals surface area contributed by atoms with Gasteiger partial charge in [-0.2, -0.15) is 0 Å². The van der Waals surface area contributed by atoms with Crippen LogP contribution in [0.15, 0.2) is 8.68 Å². The first kappa shape index (κ1) is 12.8. The van der Waals surface area contributed by atoms with Gasteiger partial charge in [0.15, 0.2) is 8.68 Å². The number of nitrogens with zero attached hydrogens (tertiary/aromatic N) is 2. The molecular weight excluding hydrogens is 252 g/mol. The van der Waals surface area contributed by atoms with E-state index in [-0.39, 0.29) is 5.92 Å². The van der Waals surface area contributed by atoms with Crippen LogP contribution in [0.2, 0.25) is 0 Å². The van der Waals surface area contributed by atoms with Crippen molar-refractivity contribution in [3.05, 3.63) is 0 Å². The summed E-state index contributed by atoms with van der Waals surface area (Å²) in [5, 5.41) is 16.4. The van der Waals surface area contributed by atoms with Crippen molar-refractivity contribution in [3.63, 3.8) is 0 Å². The summed E-state index contributed by atoms with van der Waals surface area (Å²) in [7, 11) is 0. The molecule has 7 heteroatoms. The summed E-state index contributed by atoms with van der Waals surface area (Å²) in [6, 6.07) is 0. The van der Waals surface area contributed by atoms with Gasteiger partial charge in [-0.25, -0.2) is 0 Å². The molecule has 0 aliphatic heterocycles. The largest absolute Gasteiger partial charge is 0.480 e. The molecule has 1 aromatic heterocycles. The second kappa shape index (κ2) is 5.72. The monoisotopic (exact) mass is 264 g/mol. The van der Waals surface area contributed by atoms with Gasteiger partial charge in [0.25, 0.3) is 0 Å². The molecule has 0 fully saturated rings. The summed E-state index contributed by atoms with van der Waals surface area (Å²) in [6.07, 6.45) is 1.92. The van der Waals surface area contributed by atoms with E-state index >= 15 is 0 Å². The molecule has 1 N–H and O–H groups in total. The maximum atomic E-state index is 11.0. The van der Waals surface area contributed by atoms with Gasteiger partial charge in [0.1, 0.15) is 5.25 Å². The zero-order valence-electron chi connectivity index (χ0n) is 8.63. The second-order valence-corrected chi connectivity index (χ2v) is 6.58. The average molecular weight is 264 g/mol. The van der Waals surface area contributed by atoms with Gasteiger partial charge < -0.3 is 5.11 Å². The van der Waals surface area contributed by atoms with E-state index in [1.54, 1.807) is 0 Å². The highest BCUT2D eigenvalue weighted by Crippen LogP contribution is 2.32. The van der Waals surface area contributed by atoms with E-state index in [2.05, 4.69) is 10.2 Å². The number of aliphatic carboxylic acids is 1. The van der Waals surface area contributed by atoms with Gasteiger partial charge in [0.2, 0.25) is 0 Å². The van der Waals surface area contributed by atoms with E-state index in [4.69, 9.17) is 5.11 Å². The Morgan fingerprint density at radius 1 is 1.40 bits per heavy atom. The Kier molecular flexibility index (Phi) is 4.88. The van der Waals surface area contributed by atoms with Crippen LogP contribution in [0.3, 0.4) is 0 Å². The van der Waals surface area contributed by atoms with Gasteiger partial charge in [0.05, 0.1) is 0 Å². The third-order valence-electron chi connectivity index (χ3n) is 1.64. The van der Waals surface area contributed by atoms with Crippen LogP contribution >= 0.6 is 34.9 Å². The molecule has 0 saturated heterocycles. The first-order valence-corrected chi connectivity index (χ1v) is 7.23. The fourth-order valence-electron chi connectivity index (χ4n) is 0.908. The first-order valence-electron chi connectivity index (χ1n) is 4.31. The van der Waals surface area contributed by atoms with Gasteiger partial charge in [-0.05, 0) is 12.2 Å². The molecule has 1 heterocycles. The van der Waals surface area contributed by atoms with Gasteiger partial charge >= 0.3 is 5.97 Å². The van der Waals surface area contributed by atoms with Gasteiger partial charge in [-0.1, -0.05) is 48.7 Å². The van der Waals surface area contributed by atoms with Gasteiger partial charge in [-0.3, -0.25) is 4.79 Å². The quantitative estimate of drug-likeness (QED) is 0.824. The van der Waals surface area contributed by atoms with Crippen molar-refractivity contribution >= 4 is 40.8 Å². The SMILES string of the molecule is CSc1nnc(SC(C(=O)O)C(C)C)s1. The number of carbonyl (C=O) groups is 1. The summed E-state index contributed by atoms with van der Waals surface area (Å²) in [5.74, 6) is -0.718. The van der Waals surface area contributed by atoms with Crippen molar-refractivity contribution in [3.8, 4) is 0 Å². The molecule has 1 atom stereocenters. The van der Waals surface area contributed by atoms with Crippen LogP contribution in [0.4, 0.5) is 0 Å². The Morgan fingerprint density at radius 3 is 2.40 bits per heavy atom. The molecule has 0 spiro atoms. The molecule has 4 nitrogen and oxygen atoms in total. The van der Waals surface area contributed by atoms with Crippen molar-refractivity contribution < 1.29 is 9.90 Å². The zero-order valence-corrected chi connectivity index (χ0v) is 11.1. The third-order valence-corrected chi connectivity index (χ3v) is 5.15. The summed E-state index contributed by atoms with van der Waals surface area (Å²) in [5.41, 5.74) is 0. The van der Waals surface area contributed by atoms with Crippen molar-refractivity contribution in [1.29, 1.82) is 0 Å². The Hall–Kier alpha value is -0.270. The molecule has 0 saturated carbocycles. The van der Waals surface area contributed by atoms with E-state index in [0.29, 0.717) is 0 Å². The maximum Gasteiger partial charge on any atom is 0.317 e. The van der Waals surface area contributed by atoms with E-state index in [1.807, 2.05) is 20.1 Å². The molecule has 0 amide bonds. The van der Waals surface area contributed by atoms with Gasteiger partial charge in [-0.15, -0.1) is 10.2 Å². The van der Waals surface area contributed by atoms with Crippen molar-refractivity contribution in [2.24, 2.45) is 5.92 Å². The minimum absolute atomic E-state index is 0.0779. The smallest absolute Gasteiger partial charge is 0.317 e. The van der Waals surface area contributed by atoms with E-state index in [9.17, 15) is 4.79 Å². The second-order valence-electron chi connectivity index (χ2n) is 3.16. The molecule has 1 rings (SSSR count). The molecule has 0 bridgehead atoms. The Morgan fingerprint density at radius 2 is 2.00 bits per heavy atom. The fourth-order valence-corrected chi connectivity index (χ4v) is 3.49. The molecular formula is C8H12N2O2S3. The number of hydrogen-bond acceptors (Lipinski definition) is 6. The highest BCUT2D eigenvalue weighted by atomic mass is 32.2. The molecule has 0 aliphatic rings. The Balaban J connectivity index is 2.69. The van der Waals surface area contributed by atoms with Crippen molar-refractivity contribution in [1.82, 2.24) is 10.2 Å². The molecule has 84 valence electrons. The highest BCUT2D eigenvalue weighted by molar-refractivity contribution is 8.03. The highest BCUT2D eigenvalue weighted by Gasteiger charge is 2.24. The number of aromatic nitrogens is 2. The number of hydrogen-bond donors (Lipinski definition) is 1. The Bertz CT molecular complexity index is 340. The lowest BCUT2D eigenvalue weighted by Crippen LogP contribution is -2.22. The topological polar surface area (TPSA) is 63.1 Å².